The largest absolute Gasteiger partial charge is 0.391 e. The summed E-state index contributed by atoms with van der Waals surface area (Å²) in [5.74, 6) is -1.47. The minimum atomic E-state index is -4.12. The van der Waals surface area contributed by atoms with E-state index in [2.05, 4.69) is 23.8 Å². The fourth-order valence-corrected chi connectivity index (χ4v) is 5.93. The number of fused-ring (bicyclic) bond motifs is 1. The molecule has 0 bridgehead atoms. The Balaban J connectivity index is 1.67. The highest BCUT2D eigenvalue weighted by molar-refractivity contribution is 6.03. The van der Waals surface area contributed by atoms with Crippen molar-refractivity contribution in [1.82, 2.24) is 9.97 Å². The number of amides is 1. The molecule has 0 spiro atoms. The molecule has 0 saturated heterocycles. The van der Waals surface area contributed by atoms with Crippen LogP contribution >= 0.6 is 0 Å². The lowest BCUT2D eigenvalue weighted by atomic mass is 9.71. The average Bonchev–Trinajstić information content (AvgIpc) is 3.02. The molecule has 0 unspecified atom stereocenters. The molecule has 2 aliphatic rings. The molecule has 0 aliphatic heterocycles. The van der Waals surface area contributed by atoms with Gasteiger partial charge in [0.15, 0.2) is 5.43 Å². The Morgan fingerprint density at radius 1 is 1.19 bits per heavy atom. The molecule has 3 N–H and O–H groups in total. The van der Waals surface area contributed by atoms with Gasteiger partial charge in [0.2, 0.25) is 0 Å². The molecule has 4 rings (SSSR count). The van der Waals surface area contributed by atoms with E-state index in [9.17, 15) is 22.8 Å². The van der Waals surface area contributed by atoms with Gasteiger partial charge in [-0.15, -0.1) is 0 Å². The number of alkyl halides is 3. The molecule has 2 aromatic heterocycles. The van der Waals surface area contributed by atoms with Crippen LogP contribution in [0, 0.1) is 23.2 Å². The number of nitrogens with two attached hydrogens (primary N) is 1. The molecule has 0 aromatic carbocycles. The van der Waals surface area contributed by atoms with E-state index in [4.69, 9.17) is 5.73 Å². The molecule has 31 heavy (non-hydrogen) atoms. The highest BCUT2D eigenvalue weighted by Crippen LogP contribution is 2.55. The first-order chi connectivity index (χ1) is 14.5. The maximum Gasteiger partial charge on any atom is 0.391 e. The fraction of sp³-hybridized carbons (Fsp3) is 0.609. The van der Waals surface area contributed by atoms with Gasteiger partial charge in [0, 0.05) is 23.9 Å². The van der Waals surface area contributed by atoms with Crippen molar-refractivity contribution in [2.75, 3.05) is 0 Å². The Hall–Kier alpha value is -2.38. The van der Waals surface area contributed by atoms with Crippen LogP contribution in [0.3, 0.4) is 0 Å². The summed E-state index contributed by atoms with van der Waals surface area (Å²) in [6.45, 7) is 4.35. The van der Waals surface area contributed by atoms with E-state index >= 15 is 0 Å². The normalized spacial score (nSPS) is 28.7. The molecule has 2 fully saturated rings. The molecule has 2 aromatic rings. The van der Waals surface area contributed by atoms with E-state index in [1.165, 1.54) is 12.3 Å². The first kappa shape index (κ1) is 21.8. The number of hydrogen-bond donors (Lipinski definition) is 2. The van der Waals surface area contributed by atoms with E-state index in [1.807, 2.05) is 0 Å². The van der Waals surface area contributed by atoms with Gasteiger partial charge in [0.05, 0.1) is 16.8 Å². The zero-order valence-electron chi connectivity index (χ0n) is 17.8. The summed E-state index contributed by atoms with van der Waals surface area (Å²) < 4.78 is 39.3. The van der Waals surface area contributed by atoms with Crippen LogP contribution in [0.25, 0.3) is 10.9 Å². The highest BCUT2D eigenvalue weighted by atomic mass is 19.4. The van der Waals surface area contributed by atoms with Crippen LogP contribution in [0.2, 0.25) is 0 Å². The maximum absolute atomic E-state index is 13.1. The number of rotatable bonds is 3. The standard InChI is InChI=1S/C23H28F3N3O2/c1-22(2)10-14(12-3-5-13(6-4-12)23(24,25)26)15(11-22)17-9-18(30)19-16(29-17)7-8-28-20(19)21(27)31/h7-9,12-15H,3-6,10-11H2,1-2H3,(H2,27,31)(H,29,30)/t12?,13?,14-,15+/m1/s1. The van der Waals surface area contributed by atoms with Crippen molar-refractivity contribution in [2.24, 2.45) is 28.9 Å². The Morgan fingerprint density at radius 3 is 2.48 bits per heavy atom. The van der Waals surface area contributed by atoms with Crippen molar-refractivity contribution in [1.29, 1.82) is 0 Å². The van der Waals surface area contributed by atoms with Crippen LogP contribution in [0.1, 0.15) is 74.5 Å². The van der Waals surface area contributed by atoms with Crippen LogP contribution in [0.4, 0.5) is 13.2 Å². The molecule has 2 atom stereocenters. The van der Waals surface area contributed by atoms with Gasteiger partial charge in [0.1, 0.15) is 5.69 Å². The summed E-state index contributed by atoms with van der Waals surface area (Å²) in [5.41, 5.74) is 6.34. The summed E-state index contributed by atoms with van der Waals surface area (Å²) in [7, 11) is 0. The first-order valence-electron chi connectivity index (χ1n) is 10.8. The van der Waals surface area contributed by atoms with Gasteiger partial charge in [-0.05, 0) is 61.8 Å². The summed E-state index contributed by atoms with van der Waals surface area (Å²) in [6.07, 6.45) is 0.586. The summed E-state index contributed by atoms with van der Waals surface area (Å²) in [5, 5.41) is 0.179. The zero-order valence-corrected chi connectivity index (χ0v) is 17.8. The molecule has 2 saturated carbocycles. The van der Waals surface area contributed by atoms with E-state index < -0.39 is 18.0 Å². The minimum absolute atomic E-state index is 0.0404. The number of aromatic amines is 1. The fourth-order valence-electron chi connectivity index (χ4n) is 5.93. The second-order valence-electron chi connectivity index (χ2n) is 10.0. The molecule has 8 heteroatoms. The predicted octanol–water partition coefficient (Wildman–Crippen LogP) is 4.91. The lowest BCUT2D eigenvalue weighted by Crippen LogP contribution is -2.31. The summed E-state index contributed by atoms with van der Waals surface area (Å²) >= 11 is 0. The van der Waals surface area contributed by atoms with Crippen LogP contribution in [0.15, 0.2) is 23.1 Å². The zero-order chi connectivity index (χ0) is 22.6. The average molecular weight is 435 g/mol. The van der Waals surface area contributed by atoms with E-state index in [0.29, 0.717) is 18.4 Å². The van der Waals surface area contributed by atoms with Crippen molar-refractivity contribution in [3.63, 3.8) is 0 Å². The second-order valence-corrected chi connectivity index (χ2v) is 10.0. The third kappa shape index (κ3) is 4.21. The quantitative estimate of drug-likeness (QED) is 0.718. The first-order valence-corrected chi connectivity index (χ1v) is 10.8. The van der Waals surface area contributed by atoms with Gasteiger partial charge in [0.25, 0.3) is 5.91 Å². The molecule has 1 amide bonds. The number of nitrogens with zero attached hydrogens (tertiary/aromatic N) is 1. The van der Waals surface area contributed by atoms with Gasteiger partial charge >= 0.3 is 6.18 Å². The van der Waals surface area contributed by atoms with Crippen LogP contribution in [-0.4, -0.2) is 22.1 Å². The van der Waals surface area contributed by atoms with Gasteiger partial charge in [-0.3, -0.25) is 14.6 Å². The Labute approximate surface area is 178 Å². The van der Waals surface area contributed by atoms with E-state index in [1.54, 1.807) is 6.07 Å². The molecule has 0 radical (unpaired) electrons. The molecular weight excluding hydrogens is 407 g/mol. The minimum Gasteiger partial charge on any atom is -0.364 e. The summed E-state index contributed by atoms with van der Waals surface area (Å²) in [6, 6.07) is 3.17. The van der Waals surface area contributed by atoms with Gasteiger partial charge in [-0.2, -0.15) is 13.2 Å². The Morgan fingerprint density at radius 2 is 1.87 bits per heavy atom. The van der Waals surface area contributed by atoms with Crippen LogP contribution in [0.5, 0.6) is 0 Å². The number of pyridine rings is 2. The lowest BCUT2D eigenvalue weighted by molar-refractivity contribution is -0.185. The molecule has 168 valence electrons. The number of hydrogen-bond acceptors (Lipinski definition) is 3. The van der Waals surface area contributed by atoms with Crippen LogP contribution < -0.4 is 11.2 Å². The summed E-state index contributed by atoms with van der Waals surface area (Å²) in [4.78, 5) is 31.8. The molecule has 5 nitrogen and oxygen atoms in total. The maximum atomic E-state index is 13.1. The predicted molar refractivity (Wildman–Crippen MR) is 112 cm³/mol. The van der Waals surface area contributed by atoms with Crippen molar-refractivity contribution >= 4 is 16.8 Å². The number of H-pyrrole nitrogens is 1. The third-order valence-corrected chi connectivity index (χ3v) is 7.31. The second kappa shape index (κ2) is 7.64. The monoisotopic (exact) mass is 435 g/mol. The SMILES string of the molecule is CC1(C)C[C@H](c2cc(=O)c3c(C(N)=O)nccc3[nH]2)[C@@H](C2CCC(C(F)(F)F)CC2)C1. The Bertz CT molecular complexity index is 1050. The third-order valence-electron chi connectivity index (χ3n) is 7.31. The number of carbonyl (C=O) groups excluding carboxylic acids is 1. The number of nitrogens with one attached hydrogen (secondary N) is 1. The number of halogens is 3. The number of carbonyl (C=O) groups is 1. The smallest absolute Gasteiger partial charge is 0.364 e. The van der Waals surface area contributed by atoms with Crippen LogP contribution in [-0.2, 0) is 0 Å². The molecule has 2 aliphatic carbocycles. The van der Waals surface area contributed by atoms with Crippen molar-refractivity contribution < 1.29 is 18.0 Å². The van der Waals surface area contributed by atoms with E-state index in [0.717, 1.165) is 18.5 Å². The van der Waals surface area contributed by atoms with Gasteiger partial charge < -0.3 is 10.7 Å². The lowest BCUT2D eigenvalue weighted by Gasteiger charge is -2.35. The number of primary amides is 1. The topological polar surface area (TPSA) is 88.8 Å². The van der Waals surface area contributed by atoms with Gasteiger partial charge in [-0.1, -0.05) is 13.8 Å². The van der Waals surface area contributed by atoms with Gasteiger partial charge in [-0.25, -0.2) is 0 Å². The van der Waals surface area contributed by atoms with Crippen molar-refractivity contribution in [3.8, 4) is 0 Å². The van der Waals surface area contributed by atoms with E-state index in [-0.39, 0.29) is 52.5 Å². The molecule has 2 heterocycles. The highest BCUT2D eigenvalue weighted by Gasteiger charge is 2.47. The number of aromatic nitrogens is 2. The van der Waals surface area contributed by atoms with Crippen molar-refractivity contribution in [3.05, 3.63) is 39.9 Å². The molecular formula is C23H28F3N3O2. The van der Waals surface area contributed by atoms with Crippen molar-refractivity contribution in [2.45, 2.75) is 64.5 Å². The Kier molecular flexibility index (Phi) is 5.38.